The Morgan fingerprint density at radius 1 is 1.45 bits per heavy atom. The Balaban J connectivity index is 1.94. The van der Waals surface area contributed by atoms with Crippen molar-refractivity contribution in [1.82, 2.24) is 5.32 Å². The van der Waals surface area contributed by atoms with Gasteiger partial charge in [-0.05, 0) is 25.1 Å². The molecular weight excluding hydrogens is 254 g/mol. The van der Waals surface area contributed by atoms with Crippen LogP contribution in [0.25, 0.3) is 0 Å². The minimum absolute atomic E-state index is 0.0479. The fourth-order valence-corrected chi connectivity index (χ4v) is 3.17. The van der Waals surface area contributed by atoms with Crippen molar-refractivity contribution in [3.05, 3.63) is 23.8 Å². The van der Waals surface area contributed by atoms with Crippen LogP contribution in [0.1, 0.15) is 37.9 Å². The Bertz CT molecular complexity index is 469. The lowest BCUT2D eigenvalue weighted by Gasteiger charge is -2.39. The van der Waals surface area contributed by atoms with E-state index in [1.807, 2.05) is 18.2 Å². The number of nitrogens with one attached hydrogen (secondary N) is 1. The van der Waals surface area contributed by atoms with Crippen molar-refractivity contribution in [2.75, 3.05) is 26.8 Å². The third kappa shape index (κ3) is 2.38. The molecule has 1 aromatic rings. The van der Waals surface area contributed by atoms with Gasteiger partial charge in [-0.3, -0.25) is 0 Å². The minimum Gasteiger partial charge on any atom is -0.493 e. The van der Waals surface area contributed by atoms with Crippen LogP contribution in [0, 0.1) is 0 Å². The summed E-state index contributed by atoms with van der Waals surface area (Å²) < 4.78 is 17.9. The zero-order valence-electron chi connectivity index (χ0n) is 12.3. The second-order valence-corrected chi connectivity index (χ2v) is 5.66. The summed E-state index contributed by atoms with van der Waals surface area (Å²) in [6, 6.07) is 6.03. The lowest BCUT2D eigenvalue weighted by atomic mass is 9.87. The van der Waals surface area contributed by atoms with Crippen LogP contribution in [-0.2, 0) is 4.74 Å². The van der Waals surface area contributed by atoms with Crippen LogP contribution in [-0.4, -0.2) is 32.4 Å². The summed E-state index contributed by atoms with van der Waals surface area (Å²) in [4.78, 5) is 0. The smallest absolute Gasteiger partial charge is 0.129 e. The van der Waals surface area contributed by atoms with E-state index in [-0.39, 0.29) is 11.7 Å². The summed E-state index contributed by atoms with van der Waals surface area (Å²) in [5.41, 5.74) is 0.956. The van der Waals surface area contributed by atoms with E-state index in [4.69, 9.17) is 14.2 Å². The van der Waals surface area contributed by atoms with Gasteiger partial charge in [0.05, 0.1) is 18.3 Å². The van der Waals surface area contributed by atoms with E-state index in [2.05, 4.69) is 12.2 Å². The minimum atomic E-state index is -0.114. The topological polar surface area (TPSA) is 39.7 Å². The molecule has 1 aromatic carbocycles. The van der Waals surface area contributed by atoms with Crippen LogP contribution >= 0.6 is 0 Å². The van der Waals surface area contributed by atoms with Gasteiger partial charge in [0.2, 0.25) is 0 Å². The highest BCUT2D eigenvalue weighted by molar-refractivity contribution is 5.48. The fourth-order valence-electron chi connectivity index (χ4n) is 3.17. The third-order valence-electron chi connectivity index (χ3n) is 4.18. The summed E-state index contributed by atoms with van der Waals surface area (Å²) in [5.74, 6) is 1.82. The molecule has 1 fully saturated rings. The quantitative estimate of drug-likeness (QED) is 0.918. The van der Waals surface area contributed by atoms with Crippen molar-refractivity contribution in [1.29, 1.82) is 0 Å². The van der Waals surface area contributed by atoms with Crippen molar-refractivity contribution >= 4 is 0 Å². The van der Waals surface area contributed by atoms with Crippen molar-refractivity contribution < 1.29 is 14.2 Å². The third-order valence-corrected chi connectivity index (χ3v) is 4.18. The lowest BCUT2D eigenvalue weighted by Crippen LogP contribution is -2.43. The zero-order valence-corrected chi connectivity index (χ0v) is 12.3. The molecule has 1 spiro atoms. The predicted octanol–water partition coefficient (Wildman–Crippen LogP) is 2.68. The van der Waals surface area contributed by atoms with Crippen molar-refractivity contribution in [3.8, 4) is 11.5 Å². The number of methoxy groups -OCH3 is 1. The zero-order chi connectivity index (χ0) is 14.0. The van der Waals surface area contributed by atoms with E-state index in [0.29, 0.717) is 0 Å². The molecule has 3 rings (SSSR count). The van der Waals surface area contributed by atoms with Gasteiger partial charge >= 0.3 is 0 Å². The molecule has 110 valence electrons. The van der Waals surface area contributed by atoms with E-state index < -0.39 is 0 Å². The Labute approximate surface area is 120 Å². The Morgan fingerprint density at radius 2 is 2.35 bits per heavy atom. The second-order valence-electron chi connectivity index (χ2n) is 5.66. The van der Waals surface area contributed by atoms with Gasteiger partial charge in [0.1, 0.15) is 17.1 Å². The molecule has 2 atom stereocenters. The molecule has 2 aliphatic rings. The maximum absolute atomic E-state index is 6.31. The fraction of sp³-hybridized carbons (Fsp3) is 0.625. The second kappa shape index (κ2) is 5.62. The molecule has 2 aliphatic heterocycles. The van der Waals surface area contributed by atoms with E-state index in [9.17, 15) is 0 Å². The first-order valence-electron chi connectivity index (χ1n) is 7.46. The molecule has 0 radical (unpaired) electrons. The van der Waals surface area contributed by atoms with E-state index >= 15 is 0 Å². The van der Waals surface area contributed by atoms with Crippen molar-refractivity contribution in [3.63, 3.8) is 0 Å². The molecule has 0 bridgehead atoms. The molecule has 1 saturated heterocycles. The Morgan fingerprint density at radius 3 is 3.05 bits per heavy atom. The molecule has 0 aliphatic carbocycles. The first-order valence-corrected chi connectivity index (χ1v) is 7.46. The van der Waals surface area contributed by atoms with Gasteiger partial charge in [-0.25, -0.2) is 0 Å². The van der Waals surface area contributed by atoms with Gasteiger partial charge in [0.15, 0.2) is 0 Å². The average molecular weight is 277 g/mol. The van der Waals surface area contributed by atoms with E-state index in [1.165, 1.54) is 0 Å². The van der Waals surface area contributed by atoms with Gasteiger partial charge in [-0.1, -0.05) is 13.0 Å². The lowest BCUT2D eigenvalue weighted by molar-refractivity contribution is -0.0218. The highest BCUT2D eigenvalue weighted by Gasteiger charge is 2.44. The van der Waals surface area contributed by atoms with Crippen molar-refractivity contribution in [2.24, 2.45) is 0 Å². The van der Waals surface area contributed by atoms with E-state index in [0.717, 1.165) is 56.0 Å². The molecule has 4 heteroatoms. The molecule has 2 heterocycles. The van der Waals surface area contributed by atoms with Gasteiger partial charge in [-0.2, -0.15) is 0 Å². The Hall–Kier alpha value is -1.26. The molecule has 0 saturated carbocycles. The molecule has 20 heavy (non-hydrogen) atoms. The van der Waals surface area contributed by atoms with Gasteiger partial charge in [-0.15, -0.1) is 0 Å². The summed E-state index contributed by atoms with van der Waals surface area (Å²) >= 11 is 0. The molecular formula is C16H23NO3. The van der Waals surface area contributed by atoms with E-state index in [1.54, 1.807) is 7.11 Å². The number of benzene rings is 1. The maximum Gasteiger partial charge on any atom is 0.129 e. The summed E-state index contributed by atoms with van der Waals surface area (Å²) in [7, 11) is 1.77. The van der Waals surface area contributed by atoms with Crippen LogP contribution in [0.3, 0.4) is 0 Å². The van der Waals surface area contributed by atoms with Crippen LogP contribution in [0.4, 0.5) is 0 Å². The monoisotopic (exact) mass is 277 g/mol. The number of fused-ring (bicyclic) bond motifs is 1. The van der Waals surface area contributed by atoms with Crippen LogP contribution in [0.5, 0.6) is 11.5 Å². The van der Waals surface area contributed by atoms with Crippen LogP contribution in [0.15, 0.2) is 18.2 Å². The predicted molar refractivity (Wildman–Crippen MR) is 77.4 cm³/mol. The molecule has 0 amide bonds. The van der Waals surface area contributed by atoms with Crippen LogP contribution < -0.4 is 14.8 Å². The Kier molecular flexibility index (Phi) is 3.85. The highest BCUT2D eigenvalue weighted by Crippen LogP contribution is 2.47. The van der Waals surface area contributed by atoms with Gasteiger partial charge in [0.25, 0.3) is 0 Å². The molecule has 2 unspecified atom stereocenters. The SMILES string of the molecule is CCCOc1cccc2c1C(OC)CC1(CCNC1)O2. The maximum atomic E-state index is 6.31. The first-order chi connectivity index (χ1) is 9.78. The van der Waals surface area contributed by atoms with Gasteiger partial charge < -0.3 is 19.5 Å². The number of hydrogen-bond donors (Lipinski definition) is 1. The number of rotatable bonds is 4. The average Bonchev–Trinajstić information content (AvgIpc) is 2.91. The molecule has 4 nitrogen and oxygen atoms in total. The van der Waals surface area contributed by atoms with Crippen LogP contribution in [0.2, 0.25) is 0 Å². The van der Waals surface area contributed by atoms with Gasteiger partial charge in [0, 0.05) is 26.5 Å². The number of hydrogen-bond acceptors (Lipinski definition) is 4. The summed E-state index contributed by atoms with van der Waals surface area (Å²) in [6.07, 6.45) is 2.96. The van der Waals surface area contributed by atoms with Crippen molar-refractivity contribution in [2.45, 2.75) is 37.9 Å². The standard InChI is InChI=1S/C16H23NO3/c1-3-9-19-12-5-4-6-13-15(12)14(18-2)10-16(20-13)7-8-17-11-16/h4-6,14,17H,3,7-11H2,1-2H3. The molecule has 1 N–H and O–H groups in total. The number of ether oxygens (including phenoxy) is 3. The normalized spacial score (nSPS) is 28.2. The largest absolute Gasteiger partial charge is 0.493 e. The molecule has 0 aromatic heterocycles. The summed E-state index contributed by atoms with van der Waals surface area (Å²) in [5, 5.41) is 3.40. The summed E-state index contributed by atoms with van der Waals surface area (Å²) in [6.45, 7) is 4.74. The first kappa shape index (κ1) is 13.7. The highest BCUT2D eigenvalue weighted by atomic mass is 16.5.